The van der Waals surface area contributed by atoms with Crippen LogP contribution in [0.4, 0.5) is 0 Å². The Hall–Kier alpha value is -3.16. The van der Waals surface area contributed by atoms with Crippen LogP contribution >= 0.6 is 0 Å². The van der Waals surface area contributed by atoms with Crippen LogP contribution in [0.1, 0.15) is 34.3 Å². The van der Waals surface area contributed by atoms with Crippen LogP contribution in [0.15, 0.2) is 66.9 Å². The maximum absolute atomic E-state index is 12.6. The first-order valence-corrected chi connectivity index (χ1v) is 11.1. The number of nitrogens with one attached hydrogen (secondary N) is 1. The number of methoxy groups -OCH3 is 1. The topological polar surface area (TPSA) is 68.6 Å². The Morgan fingerprint density at radius 2 is 1.81 bits per heavy atom. The summed E-state index contributed by atoms with van der Waals surface area (Å²) in [7, 11) is 1.66. The van der Waals surface area contributed by atoms with Gasteiger partial charge in [-0.1, -0.05) is 48.5 Å². The molecule has 2 aromatic carbocycles. The van der Waals surface area contributed by atoms with Gasteiger partial charge in [-0.2, -0.15) is 0 Å². The Balaban J connectivity index is 1.49. The molecule has 1 amide bonds. The summed E-state index contributed by atoms with van der Waals surface area (Å²) in [6, 6.07) is 20.2. The van der Waals surface area contributed by atoms with E-state index in [1.807, 2.05) is 54.7 Å². The maximum atomic E-state index is 12.6. The van der Waals surface area contributed by atoms with Crippen molar-refractivity contribution in [2.75, 3.05) is 40.0 Å². The molecule has 0 fully saturated rings. The van der Waals surface area contributed by atoms with E-state index in [0.29, 0.717) is 25.5 Å². The summed E-state index contributed by atoms with van der Waals surface area (Å²) in [4.78, 5) is 19.8. The van der Waals surface area contributed by atoms with Gasteiger partial charge in [0.1, 0.15) is 23.9 Å². The van der Waals surface area contributed by atoms with E-state index in [-0.39, 0.29) is 11.9 Å². The van der Waals surface area contributed by atoms with E-state index in [1.54, 1.807) is 7.11 Å². The summed E-state index contributed by atoms with van der Waals surface area (Å²) in [6.07, 6.45) is 2.65. The van der Waals surface area contributed by atoms with E-state index in [0.717, 1.165) is 43.2 Å². The fourth-order valence-electron chi connectivity index (χ4n) is 4.01. The van der Waals surface area contributed by atoms with Gasteiger partial charge >= 0.3 is 0 Å². The highest BCUT2D eigenvalue weighted by atomic mass is 16.5. The van der Waals surface area contributed by atoms with Crippen LogP contribution in [0.3, 0.4) is 0 Å². The summed E-state index contributed by atoms with van der Waals surface area (Å²) in [5.74, 6) is 1.62. The van der Waals surface area contributed by atoms with Gasteiger partial charge in [0.25, 0.3) is 5.91 Å². The molecule has 2 heterocycles. The maximum Gasteiger partial charge on any atom is 0.271 e. The highest BCUT2D eigenvalue weighted by Crippen LogP contribution is 2.31. The molecule has 0 bridgehead atoms. The number of amides is 1. The minimum atomic E-state index is -0.145. The molecule has 0 saturated heterocycles. The predicted octanol–water partition coefficient (Wildman–Crippen LogP) is 3.13. The molecule has 32 heavy (non-hydrogen) atoms. The third-order valence-electron chi connectivity index (χ3n) is 5.59. The van der Waals surface area contributed by atoms with Crippen LogP contribution in [-0.4, -0.2) is 60.3 Å². The molecule has 0 spiro atoms. The molecule has 168 valence electrons. The first-order chi connectivity index (χ1) is 15.8. The molecular weight excluding hydrogens is 404 g/mol. The van der Waals surface area contributed by atoms with E-state index < -0.39 is 0 Å². The normalized spacial score (nSPS) is 15.8. The number of carbonyl (C=O) groups excluding carboxylic acids is 1. The Morgan fingerprint density at radius 1 is 1.06 bits per heavy atom. The monoisotopic (exact) mass is 434 g/mol. The van der Waals surface area contributed by atoms with Crippen molar-refractivity contribution in [3.63, 3.8) is 0 Å². The molecule has 0 radical (unpaired) electrons. The van der Waals surface area contributed by atoms with E-state index >= 15 is 0 Å². The van der Waals surface area contributed by atoms with Gasteiger partial charge in [-0.15, -0.1) is 0 Å². The van der Waals surface area contributed by atoms with Crippen LogP contribution in [0.2, 0.25) is 0 Å². The van der Waals surface area contributed by atoms with Crippen molar-refractivity contribution >= 4 is 5.91 Å². The van der Waals surface area contributed by atoms with Gasteiger partial charge in [0.15, 0.2) is 0 Å². The van der Waals surface area contributed by atoms with Crippen molar-refractivity contribution in [3.05, 3.63) is 83.9 Å². The fourth-order valence-corrected chi connectivity index (χ4v) is 4.01. The number of hydrogen-bond donors (Lipinski definition) is 1. The van der Waals surface area contributed by atoms with E-state index in [4.69, 9.17) is 14.5 Å². The Morgan fingerprint density at radius 3 is 2.56 bits per heavy atom. The predicted molar refractivity (Wildman–Crippen MR) is 123 cm³/mol. The zero-order chi connectivity index (χ0) is 22.2. The van der Waals surface area contributed by atoms with Crippen molar-refractivity contribution in [2.24, 2.45) is 0 Å². The molecule has 4 rings (SSSR count). The van der Waals surface area contributed by atoms with Gasteiger partial charge in [-0.25, -0.2) is 4.98 Å². The van der Waals surface area contributed by atoms with Gasteiger partial charge in [-0.3, -0.25) is 9.69 Å². The van der Waals surface area contributed by atoms with Crippen molar-refractivity contribution in [1.82, 2.24) is 19.8 Å². The summed E-state index contributed by atoms with van der Waals surface area (Å²) in [5.41, 5.74) is 1.62. The van der Waals surface area contributed by atoms with E-state index in [2.05, 4.69) is 26.9 Å². The van der Waals surface area contributed by atoms with Crippen LogP contribution in [-0.2, 0) is 11.3 Å². The van der Waals surface area contributed by atoms with Crippen LogP contribution in [0.5, 0.6) is 5.75 Å². The number of rotatable bonds is 10. The highest BCUT2D eigenvalue weighted by molar-refractivity contribution is 5.92. The molecule has 7 heteroatoms. The molecule has 1 N–H and O–H groups in total. The number of fused-ring (bicyclic) bond motifs is 1. The Bertz CT molecular complexity index is 991. The lowest BCUT2D eigenvalue weighted by atomic mass is 10.0. The smallest absolute Gasteiger partial charge is 0.271 e. The number of carbonyl (C=O) groups is 1. The summed E-state index contributed by atoms with van der Waals surface area (Å²) < 4.78 is 13.1. The minimum Gasteiger partial charge on any atom is -0.492 e. The lowest BCUT2D eigenvalue weighted by molar-refractivity contribution is 0.0943. The minimum absolute atomic E-state index is 0.0284. The first-order valence-electron chi connectivity index (χ1n) is 11.1. The average Bonchev–Trinajstić information content (AvgIpc) is 3.27. The van der Waals surface area contributed by atoms with Crippen molar-refractivity contribution in [1.29, 1.82) is 0 Å². The molecule has 0 saturated carbocycles. The lowest BCUT2D eigenvalue weighted by Crippen LogP contribution is -2.41. The fraction of sp³-hybridized carbons (Fsp3) is 0.360. The summed E-state index contributed by atoms with van der Waals surface area (Å²) in [5, 5.41) is 2.93. The molecule has 1 unspecified atom stereocenters. The van der Waals surface area contributed by atoms with Crippen LogP contribution < -0.4 is 10.1 Å². The molecule has 7 nitrogen and oxygen atoms in total. The van der Waals surface area contributed by atoms with Crippen molar-refractivity contribution in [2.45, 2.75) is 19.0 Å². The van der Waals surface area contributed by atoms with E-state index in [9.17, 15) is 4.79 Å². The summed E-state index contributed by atoms with van der Waals surface area (Å²) in [6.45, 7) is 4.18. The van der Waals surface area contributed by atoms with Crippen LogP contribution in [0.25, 0.3) is 0 Å². The van der Waals surface area contributed by atoms with Gasteiger partial charge in [0, 0.05) is 46.1 Å². The number of aromatic nitrogens is 2. The number of para-hydroxylation sites is 1. The molecule has 1 atom stereocenters. The van der Waals surface area contributed by atoms with Gasteiger partial charge in [-0.05, 0) is 24.1 Å². The Kier molecular flexibility index (Phi) is 7.53. The number of nitrogens with zero attached hydrogens (tertiary/aromatic N) is 3. The second-order valence-electron chi connectivity index (χ2n) is 7.79. The second-order valence-corrected chi connectivity index (χ2v) is 7.79. The number of imidazole rings is 1. The molecular formula is C25H30N4O3. The standard InChI is InChI=1S/C25H30N4O3/c1-31-17-8-13-26-25(30)22-19-29-15-14-28(16-18-32-21-11-6-3-7-12-21)23(24(29)27-22)20-9-4-2-5-10-20/h2-7,9-12,19,23H,8,13-18H2,1H3,(H,26,30). The van der Waals surface area contributed by atoms with Crippen LogP contribution in [0, 0.1) is 0 Å². The van der Waals surface area contributed by atoms with E-state index in [1.165, 1.54) is 0 Å². The summed E-state index contributed by atoms with van der Waals surface area (Å²) >= 11 is 0. The Labute approximate surface area is 189 Å². The zero-order valence-corrected chi connectivity index (χ0v) is 18.4. The number of benzene rings is 2. The second kappa shape index (κ2) is 10.9. The first kappa shape index (κ1) is 22.0. The molecule has 1 aromatic heterocycles. The SMILES string of the molecule is COCCCNC(=O)c1cn2c(n1)C(c1ccccc1)N(CCOc1ccccc1)CC2. The largest absolute Gasteiger partial charge is 0.492 e. The van der Waals surface area contributed by atoms with Gasteiger partial charge < -0.3 is 19.4 Å². The lowest BCUT2D eigenvalue weighted by Gasteiger charge is -2.36. The molecule has 1 aliphatic heterocycles. The zero-order valence-electron chi connectivity index (χ0n) is 18.4. The number of hydrogen-bond acceptors (Lipinski definition) is 5. The highest BCUT2D eigenvalue weighted by Gasteiger charge is 2.31. The van der Waals surface area contributed by atoms with Gasteiger partial charge in [0.05, 0.1) is 6.04 Å². The third-order valence-corrected chi connectivity index (χ3v) is 5.59. The van der Waals surface area contributed by atoms with Gasteiger partial charge in [0.2, 0.25) is 0 Å². The molecule has 1 aliphatic rings. The van der Waals surface area contributed by atoms with Crippen molar-refractivity contribution in [3.8, 4) is 5.75 Å². The molecule has 3 aromatic rings. The molecule has 0 aliphatic carbocycles. The number of ether oxygens (including phenoxy) is 2. The third kappa shape index (κ3) is 5.36. The van der Waals surface area contributed by atoms with Crippen molar-refractivity contribution < 1.29 is 14.3 Å². The average molecular weight is 435 g/mol. The quantitative estimate of drug-likeness (QED) is 0.497.